The molecule has 0 unspecified atom stereocenters. The van der Waals surface area contributed by atoms with Gasteiger partial charge in [0.15, 0.2) is 5.78 Å². The Balaban J connectivity index is 2.13. The highest BCUT2D eigenvalue weighted by Gasteiger charge is 2.09. The fraction of sp³-hybridized carbons (Fsp3) is 0.133. The smallest absolute Gasteiger partial charge is 0.162 e. The number of Topliss-reactive ketones (excluding diaryl/α,β-unsaturated/α-hetero) is 1. The van der Waals surface area contributed by atoms with Crippen molar-refractivity contribution in [3.8, 4) is 5.75 Å². The second kappa shape index (κ2) is 6.25. The molecule has 2 rings (SSSR count). The molecule has 104 valence electrons. The van der Waals surface area contributed by atoms with Crippen molar-refractivity contribution in [3.05, 3.63) is 63.4 Å². The molecule has 0 amide bonds. The van der Waals surface area contributed by atoms with Gasteiger partial charge in [0.05, 0.1) is 15.6 Å². The van der Waals surface area contributed by atoms with Gasteiger partial charge in [-0.1, -0.05) is 35.3 Å². The van der Waals surface area contributed by atoms with Gasteiger partial charge in [-0.3, -0.25) is 4.79 Å². The van der Waals surface area contributed by atoms with Crippen LogP contribution in [0.5, 0.6) is 5.75 Å². The molecular formula is C15H11Cl2FO2. The van der Waals surface area contributed by atoms with E-state index in [0.29, 0.717) is 21.4 Å². The number of rotatable bonds is 4. The number of hydrogen-bond acceptors (Lipinski definition) is 2. The average Bonchev–Trinajstić information content (AvgIpc) is 2.40. The van der Waals surface area contributed by atoms with E-state index in [1.165, 1.54) is 25.1 Å². The molecule has 5 heteroatoms. The lowest BCUT2D eigenvalue weighted by atomic mass is 10.1. The number of benzene rings is 2. The van der Waals surface area contributed by atoms with Crippen LogP contribution in [0.4, 0.5) is 4.39 Å². The van der Waals surface area contributed by atoms with E-state index < -0.39 is 5.82 Å². The Kier molecular flexibility index (Phi) is 4.63. The number of hydrogen-bond donors (Lipinski definition) is 0. The number of ketones is 1. The van der Waals surface area contributed by atoms with E-state index in [1.54, 1.807) is 18.2 Å². The van der Waals surface area contributed by atoms with Crippen LogP contribution < -0.4 is 4.74 Å². The molecule has 0 aliphatic carbocycles. The first kappa shape index (κ1) is 14.8. The van der Waals surface area contributed by atoms with Crippen LogP contribution in [0.2, 0.25) is 10.0 Å². The van der Waals surface area contributed by atoms with Crippen molar-refractivity contribution in [2.45, 2.75) is 13.5 Å². The Bertz CT molecular complexity index is 656. The molecule has 0 radical (unpaired) electrons. The summed E-state index contributed by atoms with van der Waals surface area (Å²) in [6, 6.07) is 9.32. The lowest BCUT2D eigenvalue weighted by Crippen LogP contribution is -2.00. The standard InChI is InChI=1S/C15H11Cl2FO2/c1-9(19)12-6-5-11(7-14(12)18)20-8-10-3-2-4-13(16)15(10)17/h2-7H,8H2,1H3. The molecule has 0 aliphatic heterocycles. The first-order valence-electron chi connectivity index (χ1n) is 5.85. The van der Waals surface area contributed by atoms with Crippen LogP contribution in [0.1, 0.15) is 22.8 Å². The third-order valence-corrected chi connectivity index (χ3v) is 3.60. The van der Waals surface area contributed by atoms with Crippen molar-refractivity contribution in [1.29, 1.82) is 0 Å². The van der Waals surface area contributed by atoms with Gasteiger partial charge in [0.1, 0.15) is 18.2 Å². The van der Waals surface area contributed by atoms with Crippen molar-refractivity contribution in [2.24, 2.45) is 0 Å². The fourth-order valence-corrected chi connectivity index (χ4v) is 2.07. The molecule has 0 bridgehead atoms. The molecule has 2 aromatic carbocycles. The van der Waals surface area contributed by atoms with Gasteiger partial charge < -0.3 is 4.74 Å². The topological polar surface area (TPSA) is 26.3 Å². The molecule has 0 heterocycles. The van der Waals surface area contributed by atoms with Crippen LogP contribution >= 0.6 is 23.2 Å². The minimum atomic E-state index is -0.604. The van der Waals surface area contributed by atoms with Crippen LogP contribution in [0, 0.1) is 5.82 Å². The molecule has 0 spiro atoms. The molecule has 0 atom stereocenters. The maximum absolute atomic E-state index is 13.6. The summed E-state index contributed by atoms with van der Waals surface area (Å²) < 4.78 is 19.1. The minimum Gasteiger partial charge on any atom is -0.489 e. The van der Waals surface area contributed by atoms with Crippen LogP contribution in [0.15, 0.2) is 36.4 Å². The molecule has 0 aliphatic rings. The van der Waals surface area contributed by atoms with E-state index in [9.17, 15) is 9.18 Å². The molecule has 2 nitrogen and oxygen atoms in total. The summed E-state index contributed by atoms with van der Waals surface area (Å²) in [6.07, 6.45) is 0. The van der Waals surface area contributed by atoms with E-state index in [1.807, 2.05) is 0 Å². The van der Waals surface area contributed by atoms with Gasteiger partial charge in [0.2, 0.25) is 0 Å². The highest BCUT2D eigenvalue weighted by molar-refractivity contribution is 6.42. The summed E-state index contributed by atoms with van der Waals surface area (Å²) in [5, 5.41) is 0.848. The molecule has 0 saturated carbocycles. The van der Waals surface area contributed by atoms with E-state index in [-0.39, 0.29) is 18.0 Å². The van der Waals surface area contributed by atoms with Gasteiger partial charge in [-0.15, -0.1) is 0 Å². The molecule has 0 N–H and O–H groups in total. The third-order valence-electron chi connectivity index (χ3n) is 2.75. The van der Waals surface area contributed by atoms with Crippen molar-refractivity contribution in [2.75, 3.05) is 0 Å². The lowest BCUT2D eigenvalue weighted by molar-refractivity contribution is 0.101. The van der Waals surface area contributed by atoms with Crippen LogP contribution in [-0.2, 0) is 6.61 Å². The van der Waals surface area contributed by atoms with E-state index in [0.717, 1.165) is 0 Å². The number of ether oxygens (including phenoxy) is 1. The van der Waals surface area contributed by atoms with Crippen LogP contribution in [0.3, 0.4) is 0 Å². The highest BCUT2D eigenvalue weighted by atomic mass is 35.5. The zero-order chi connectivity index (χ0) is 14.7. The Morgan fingerprint density at radius 3 is 2.65 bits per heavy atom. The van der Waals surface area contributed by atoms with E-state index in [4.69, 9.17) is 27.9 Å². The normalized spacial score (nSPS) is 10.4. The predicted molar refractivity (Wildman–Crippen MR) is 77.2 cm³/mol. The van der Waals surface area contributed by atoms with E-state index in [2.05, 4.69) is 0 Å². The zero-order valence-electron chi connectivity index (χ0n) is 10.6. The van der Waals surface area contributed by atoms with Crippen molar-refractivity contribution < 1.29 is 13.9 Å². The third kappa shape index (κ3) is 3.30. The average molecular weight is 313 g/mol. The summed E-state index contributed by atoms with van der Waals surface area (Å²) >= 11 is 11.9. The first-order chi connectivity index (χ1) is 9.49. The first-order valence-corrected chi connectivity index (χ1v) is 6.61. The summed E-state index contributed by atoms with van der Waals surface area (Å²) in [7, 11) is 0. The largest absolute Gasteiger partial charge is 0.489 e. The maximum Gasteiger partial charge on any atom is 0.162 e. The van der Waals surface area contributed by atoms with Gasteiger partial charge in [-0.05, 0) is 25.1 Å². The summed E-state index contributed by atoms with van der Waals surface area (Å²) in [5.41, 5.74) is 0.744. The Morgan fingerprint density at radius 2 is 2.00 bits per heavy atom. The minimum absolute atomic E-state index is 0.0399. The fourth-order valence-electron chi connectivity index (χ4n) is 1.69. The van der Waals surface area contributed by atoms with E-state index >= 15 is 0 Å². The molecular weight excluding hydrogens is 302 g/mol. The van der Waals surface area contributed by atoms with Crippen LogP contribution in [0.25, 0.3) is 0 Å². The van der Waals surface area contributed by atoms with Gasteiger partial charge >= 0.3 is 0 Å². The van der Waals surface area contributed by atoms with Gasteiger partial charge in [0.25, 0.3) is 0 Å². The second-order valence-electron chi connectivity index (χ2n) is 4.20. The predicted octanol–water partition coefficient (Wildman–Crippen LogP) is 4.91. The number of halogens is 3. The molecule has 0 fully saturated rings. The van der Waals surface area contributed by atoms with Crippen molar-refractivity contribution in [3.63, 3.8) is 0 Å². The second-order valence-corrected chi connectivity index (χ2v) is 4.98. The maximum atomic E-state index is 13.6. The summed E-state index contributed by atoms with van der Waals surface area (Å²) in [5.74, 6) is -0.609. The molecule has 0 saturated heterocycles. The number of carbonyl (C=O) groups is 1. The van der Waals surface area contributed by atoms with Crippen molar-refractivity contribution in [1.82, 2.24) is 0 Å². The Labute approximate surface area is 126 Å². The number of carbonyl (C=O) groups excluding carboxylic acids is 1. The summed E-state index contributed by atoms with van der Waals surface area (Å²) in [6.45, 7) is 1.48. The highest BCUT2D eigenvalue weighted by Crippen LogP contribution is 2.27. The van der Waals surface area contributed by atoms with Gasteiger partial charge in [-0.25, -0.2) is 4.39 Å². The molecule has 0 aromatic heterocycles. The summed E-state index contributed by atoms with van der Waals surface area (Å²) in [4.78, 5) is 11.1. The quantitative estimate of drug-likeness (QED) is 0.749. The Hall–Kier alpha value is -1.58. The van der Waals surface area contributed by atoms with Gasteiger partial charge in [-0.2, -0.15) is 0 Å². The van der Waals surface area contributed by atoms with Crippen molar-refractivity contribution >= 4 is 29.0 Å². The molecule has 20 heavy (non-hydrogen) atoms. The molecule has 2 aromatic rings. The lowest BCUT2D eigenvalue weighted by Gasteiger charge is -2.09. The zero-order valence-corrected chi connectivity index (χ0v) is 12.1. The van der Waals surface area contributed by atoms with Gasteiger partial charge in [0, 0.05) is 11.6 Å². The monoisotopic (exact) mass is 312 g/mol. The SMILES string of the molecule is CC(=O)c1ccc(OCc2cccc(Cl)c2Cl)cc1F. The van der Waals surface area contributed by atoms with Crippen LogP contribution in [-0.4, -0.2) is 5.78 Å². The Morgan fingerprint density at radius 1 is 1.25 bits per heavy atom.